The molecule has 0 amide bonds. The van der Waals surface area contributed by atoms with Gasteiger partial charge in [0.15, 0.2) is 0 Å². The van der Waals surface area contributed by atoms with Crippen LogP contribution in [-0.2, 0) is 0 Å². The average Bonchev–Trinajstić information content (AvgIpc) is 3.02. The maximum atomic E-state index is 9.44. The molecule has 1 aliphatic rings. The Morgan fingerprint density at radius 1 is 1.39 bits per heavy atom. The third-order valence-electron chi connectivity index (χ3n) is 3.71. The highest BCUT2D eigenvalue weighted by Gasteiger charge is 2.29. The van der Waals surface area contributed by atoms with Crippen molar-refractivity contribution in [1.29, 1.82) is 5.26 Å². The van der Waals surface area contributed by atoms with Gasteiger partial charge in [0.05, 0.1) is 12.2 Å². The first kappa shape index (κ1) is 14.9. The van der Waals surface area contributed by atoms with Crippen molar-refractivity contribution < 1.29 is 4.74 Å². The number of fused-ring (bicyclic) bond motifs is 1. The van der Waals surface area contributed by atoms with E-state index in [1.54, 1.807) is 4.68 Å². The molecular weight excluding hydrogens is 292 g/mol. The number of ether oxygens (including phenoxy) is 1. The molecule has 0 saturated carbocycles. The van der Waals surface area contributed by atoms with Gasteiger partial charge in [-0.3, -0.25) is 0 Å². The summed E-state index contributed by atoms with van der Waals surface area (Å²) < 4.78 is 7.32. The van der Waals surface area contributed by atoms with E-state index in [1.807, 2.05) is 24.3 Å². The first-order chi connectivity index (χ1) is 11.2. The van der Waals surface area contributed by atoms with E-state index in [2.05, 4.69) is 28.4 Å². The van der Waals surface area contributed by atoms with Crippen molar-refractivity contribution in [3.8, 4) is 11.8 Å². The van der Waals surface area contributed by atoms with Gasteiger partial charge in [-0.25, -0.2) is 4.68 Å². The number of hydrogen-bond donors (Lipinski definition) is 2. The first-order valence-corrected chi connectivity index (χ1v) is 7.53. The highest BCUT2D eigenvalue weighted by molar-refractivity contribution is 5.51. The summed E-state index contributed by atoms with van der Waals surface area (Å²) in [4.78, 5) is 4.11. The molecule has 0 radical (unpaired) electrons. The highest BCUT2D eigenvalue weighted by Crippen LogP contribution is 2.33. The lowest BCUT2D eigenvalue weighted by atomic mass is 9.98. The van der Waals surface area contributed by atoms with Crippen LogP contribution in [0.2, 0.25) is 0 Å². The van der Waals surface area contributed by atoms with Crippen molar-refractivity contribution in [2.24, 2.45) is 5.73 Å². The Hall–Kier alpha value is -3.01. The largest absolute Gasteiger partial charge is 0.494 e. The number of unbranched alkanes of at least 4 members (excludes halogenated alkanes) is 1. The van der Waals surface area contributed by atoms with Crippen molar-refractivity contribution in [1.82, 2.24) is 14.8 Å². The Labute approximate surface area is 134 Å². The number of hydrogen-bond acceptors (Lipinski definition) is 6. The van der Waals surface area contributed by atoms with Crippen LogP contribution in [0.25, 0.3) is 0 Å². The fourth-order valence-corrected chi connectivity index (χ4v) is 2.50. The van der Waals surface area contributed by atoms with Gasteiger partial charge in [0.2, 0.25) is 5.95 Å². The summed E-state index contributed by atoms with van der Waals surface area (Å²) in [5.74, 6) is 1.64. The average molecular weight is 310 g/mol. The monoisotopic (exact) mass is 310 g/mol. The van der Waals surface area contributed by atoms with Gasteiger partial charge >= 0.3 is 0 Å². The minimum absolute atomic E-state index is 0.307. The second-order valence-electron chi connectivity index (χ2n) is 5.27. The number of aromatic nitrogens is 3. The van der Waals surface area contributed by atoms with Gasteiger partial charge in [0.25, 0.3) is 0 Å². The Morgan fingerprint density at radius 3 is 2.87 bits per heavy atom. The fourth-order valence-electron chi connectivity index (χ4n) is 2.50. The minimum atomic E-state index is -0.386. The summed E-state index contributed by atoms with van der Waals surface area (Å²) in [5.41, 5.74) is 7.26. The third kappa shape index (κ3) is 2.83. The molecule has 2 aromatic rings. The molecule has 0 spiro atoms. The smallest absolute Gasteiger partial charge is 0.227 e. The van der Waals surface area contributed by atoms with Gasteiger partial charge < -0.3 is 15.8 Å². The molecular formula is C16H18N6O. The van der Waals surface area contributed by atoms with E-state index in [0.29, 0.717) is 23.9 Å². The van der Waals surface area contributed by atoms with Crippen LogP contribution in [0.1, 0.15) is 31.4 Å². The molecule has 118 valence electrons. The number of nitriles is 1. The topological polar surface area (TPSA) is 102 Å². The Bertz CT molecular complexity index is 756. The van der Waals surface area contributed by atoms with Crippen LogP contribution in [0, 0.1) is 11.3 Å². The third-order valence-corrected chi connectivity index (χ3v) is 3.71. The highest BCUT2D eigenvalue weighted by atomic mass is 16.5. The van der Waals surface area contributed by atoms with E-state index in [9.17, 15) is 5.26 Å². The quantitative estimate of drug-likeness (QED) is 0.821. The van der Waals surface area contributed by atoms with E-state index in [1.165, 1.54) is 6.33 Å². The van der Waals surface area contributed by atoms with Gasteiger partial charge in [-0.05, 0) is 24.1 Å². The van der Waals surface area contributed by atoms with Crippen molar-refractivity contribution in [3.05, 3.63) is 47.6 Å². The predicted octanol–water partition coefficient (Wildman–Crippen LogP) is 2.17. The van der Waals surface area contributed by atoms with Gasteiger partial charge in [-0.1, -0.05) is 25.5 Å². The summed E-state index contributed by atoms with van der Waals surface area (Å²) >= 11 is 0. The molecule has 0 unspecified atom stereocenters. The number of nitrogens with one attached hydrogen (secondary N) is 1. The fraction of sp³-hybridized carbons (Fsp3) is 0.312. The predicted molar refractivity (Wildman–Crippen MR) is 85.5 cm³/mol. The standard InChI is InChI=1S/C16H18N6O/c1-2-3-8-23-12-6-4-11(5-7-12)14-13(9-17)15(18)21-16-19-10-20-22(14)16/h4-7,10,14H,2-3,8,18H2,1H3,(H,19,20,21)/t14-/m0/s1. The summed E-state index contributed by atoms with van der Waals surface area (Å²) in [6, 6.07) is 9.42. The molecule has 0 bridgehead atoms. The molecule has 23 heavy (non-hydrogen) atoms. The van der Waals surface area contributed by atoms with Crippen LogP contribution in [0.5, 0.6) is 5.75 Å². The van der Waals surface area contributed by atoms with Gasteiger partial charge in [-0.2, -0.15) is 15.3 Å². The van der Waals surface area contributed by atoms with Gasteiger partial charge in [0.1, 0.15) is 30.0 Å². The van der Waals surface area contributed by atoms with Crippen LogP contribution in [0.3, 0.4) is 0 Å². The van der Waals surface area contributed by atoms with Crippen molar-refractivity contribution in [2.75, 3.05) is 11.9 Å². The van der Waals surface area contributed by atoms with Crippen LogP contribution in [-0.4, -0.2) is 21.4 Å². The lowest BCUT2D eigenvalue weighted by molar-refractivity contribution is 0.309. The Balaban J connectivity index is 1.90. The minimum Gasteiger partial charge on any atom is -0.494 e. The molecule has 0 aliphatic carbocycles. The van der Waals surface area contributed by atoms with E-state index in [-0.39, 0.29) is 6.04 Å². The Kier molecular flexibility index (Phi) is 4.15. The normalized spacial score (nSPS) is 16.4. The maximum absolute atomic E-state index is 9.44. The van der Waals surface area contributed by atoms with Gasteiger partial charge in [-0.15, -0.1) is 0 Å². The number of allylic oxidation sites excluding steroid dienone is 1. The summed E-state index contributed by atoms with van der Waals surface area (Å²) in [7, 11) is 0. The van der Waals surface area contributed by atoms with E-state index >= 15 is 0 Å². The van der Waals surface area contributed by atoms with Crippen molar-refractivity contribution >= 4 is 5.95 Å². The molecule has 1 aromatic carbocycles. The molecule has 1 aromatic heterocycles. The second kappa shape index (κ2) is 6.40. The molecule has 0 fully saturated rings. The summed E-state index contributed by atoms with van der Waals surface area (Å²) in [6.45, 7) is 2.83. The van der Waals surface area contributed by atoms with Crippen LogP contribution < -0.4 is 15.8 Å². The number of nitrogens with zero attached hydrogens (tertiary/aromatic N) is 4. The van der Waals surface area contributed by atoms with Crippen LogP contribution in [0.4, 0.5) is 5.95 Å². The van der Waals surface area contributed by atoms with E-state index in [0.717, 1.165) is 24.2 Å². The first-order valence-electron chi connectivity index (χ1n) is 7.53. The molecule has 7 nitrogen and oxygen atoms in total. The van der Waals surface area contributed by atoms with Crippen molar-refractivity contribution in [3.63, 3.8) is 0 Å². The van der Waals surface area contributed by atoms with E-state index in [4.69, 9.17) is 10.5 Å². The van der Waals surface area contributed by atoms with Crippen LogP contribution >= 0.6 is 0 Å². The second-order valence-corrected chi connectivity index (χ2v) is 5.27. The maximum Gasteiger partial charge on any atom is 0.227 e. The zero-order valence-corrected chi connectivity index (χ0v) is 12.9. The molecule has 3 rings (SSSR count). The Morgan fingerprint density at radius 2 is 2.17 bits per heavy atom. The lowest BCUT2D eigenvalue weighted by Gasteiger charge is -2.25. The zero-order valence-electron chi connectivity index (χ0n) is 12.9. The molecule has 0 saturated heterocycles. The zero-order chi connectivity index (χ0) is 16.2. The number of rotatable bonds is 5. The number of nitrogens with two attached hydrogens (primary N) is 1. The number of anilines is 1. The van der Waals surface area contributed by atoms with E-state index < -0.39 is 0 Å². The summed E-state index contributed by atoms with van der Waals surface area (Å²) in [5, 5.41) is 16.5. The number of benzene rings is 1. The lowest BCUT2D eigenvalue weighted by Crippen LogP contribution is -2.28. The molecule has 7 heteroatoms. The molecule has 2 heterocycles. The SMILES string of the molecule is CCCCOc1ccc([C@H]2C(C#N)=C(N)Nc3ncnn32)cc1. The van der Waals surface area contributed by atoms with Crippen LogP contribution in [0.15, 0.2) is 42.0 Å². The summed E-state index contributed by atoms with van der Waals surface area (Å²) in [6.07, 6.45) is 3.55. The molecule has 3 N–H and O–H groups in total. The molecule has 1 aliphatic heterocycles. The van der Waals surface area contributed by atoms with Crippen molar-refractivity contribution in [2.45, 2.75) is 25.8 Å². The van der Waals surface area contributed by atoms with Gasteiger partial charge in [0, 0.05) is 0 Å². The molecule has 1 atom stereocenters.